The van der Waals surface area contributed by atoms with Gasteiger partial charge in [0.2, 0.25) is 0 Å². The Bertz CT molecular complexity index is 652. The monoisotopic (exact) mass is 296 g/mol. The molecule has 1 aromatic heterocycles. The van der Waals surface area contributed by atoms with Crippen LogP contribution in [0, 0.1) is 5.82 Å². The molecule has 20 heavy (non-hydrogen) atoms. The Morgan fingerprint density at radius 2 is 2.30 bits per heavy atom. The Morgan fingerprint density at radius 1 is 1.55 bits per heavy atom. The van der Waals surface area contributed by atoms with E-state index >= 15 is 0 Å². The van der Waals surface area contributed by atoms with Gasteiger partial charge in [-0.15, -0.1) is 5.10 Å². The maximum Gasteiger partial charge on any atom is 0.343 e. The number of rotatable bonds is 5. The second kappa shape index (κ2) is 6.23. The van der Waals surface area contributed by atoms with Gasteiger partial charge in [-0.25, -0.2) is 14.3 Å². The second-order valence-corrected chi connectivity index (χ2v) is 5.44. The van der Waals surface area contributed by atoms with Crippen molar-refractivity contribution in [2.45, 2.75) is 29.9 Å². The predicted molar refractivity (Wildman–Crippen MR) is 76.4 cm³/mol. The van der Waals surface area contributed by atoms with Crippen molar-refractivity contribution in [2.75, 3.05) is 6.54 Å². The molecule has 2 N–H and O–H groups in total. The van der Waals surface area contributed by atoms with Crippen molar-refractivity contribution in [2.24, 2.45) is 7.05 Å². The quantitative estimate of drug-likeness (QED) is 0.886. The van der Waals surface area contributed by atoms with Gasteiger partial charge >= 0.3 is 5.69 Å². The van der Waals surface area contributed by atoms with Gasteiger partial charge in [0.1, 0.15) is 5.82 Å². The molecule has 0 aliphatic heterocycles. The molecular formula is C13H17FN4OS. The van der Waals surface area contributed by atoms with E-state index in [2.05, 4.69) is 15.5 Å². The molecule has 0 aliphatic rings. The summed E-state index contributed by atoms with van der Waals surface area (Å²) in [5.41, 5.74) is 0.586. The molecule has 7 heteroatoms. The summed E-state index contributed by atoms with van der Waals surface area (Å²) in [5, 5.41) is 10.1. The van der Waals surface area contributed by atoms with Gasteiger partial charge < -0.3 is 5.32 Å². The minimum absolute atomic E-state index is 0.0224. The average Bonchev–Trinajstić information content (AvgIpc) is 2.73. The van der Waals surface area contributed by atoms with Gasteiger partial charge in [-0.05, 0) is 49.0 Å². The summed E-state index contributed by atoms with van der Waals surface area (Å²) in [6, 6.07) is 4.66. The van der Waals surface area contributed by atoms with Crippen molar-refractivity contribution >= 4 is 11.8 Å². The number of halogens is 1. The Kier molecular flexibility index (Phi) is 4.61. The highest BCUT2D eigenvalue weighted by Gasteiger charge is 2.14. The first-order valence-corrected chi connectivity index (χ1v) is 7.16. The van der Waals surface area contributed by atoms with Crippen LogP contribution in [0.5, 0.6) is 0 Å². The molecule has 1 unspecified atom stereocenters. The third-order valence-corrected chi connectivity index (χ3v) is 4.13. The Morgan fingerprint density at radius 3 is 2.90 bits per heavy atom. The number of benzene rings is 1. The van der Waals surface area contributed by atoms with E-state index in [0.29, 0.717) is 5.16 Å². The molecule has 0 amide bonds. The van der Waals surface area contributed by atoms with Crippen molar-refractivity contribution in [1.82, 2.24) is 20.1 Å². The molecule has 1 heterocycles. The lowest BCUT2D eigenvalue weighted by atomic mass is 10.1. The van der Waals surface area contributed by atoms with Gasteiger partial charge in [-0.1, -0.05) is 6.92 Å². The van der Waals surface area contributed by atoms with Crippen LogP contribution in [0.1, 0.15) is 25.5 Å². The van der Waals surface area contributed by atoms with Crippen LogP contribution >= 0.6 is 11.8 Å². The van der Waals surface area contributed by atoms with E-state index in [1.165, 1.54) is 28.5 Å². The fourth-order valence-corrected chi connectivity index (χ4v) is 2.89. The van der Waals surface area contributed by atoms with Crippen molar-refractivity contribution in [3.8, 4) is 0 Å². The van der Waals surface area contributed by atoms with Crippen LogP contribution in [-0.2, 0) is 7.05 Å². The zero-order valence-corrected chi connectivity index (χ0v) is 12.4. The molecule has 5 nitrogen and oxygen atoms in total. The lowest BCUT2D eigenvalue weighted by molar-refractivity contribution is 0.574. The molecule has 108 valence electrons. The number of hydrogen-bond donors (Lipinski definition) is 2. The normalized spacial score (nSPS) is 12.6. The van der Waals surface area contributed by atoms with Crippen LogP contribution in [0.2, 0.25) is 0 Å². The molecule has 0 spiro atoms. The number of hydrogen-bond acceptors (Lipinski definition) is 4. The van der Waals surface area contributed by atoms with Crippen LogP contribution in [-0.4, -0.2) is 21.3 Å². The van der Waals surface area contributed by atoms with E-state index in [0.717, 1.165) is 17.0 Å². The smallest absolute Gasteiger partial charge is 0.310 e. The molecular weight excluding hydrogens is 279 g/mol. The van der Waals surface area contributed by atoms with Crippen LogP contribution in [0.3, 0.4) is 0 Å². The van der Waals surface area contributed by atoms with Gasteiger partial charge in [0.25, 0.3) is 0 Å². The predicted octanol–water partition coefficient (Wildman–Crippen LogP) is 2.07. The maximum absolute atomic E-state index is 13.5. The van der Waals surface area contributed by atoms with Crippen LogP contribution in [0.4, 0.5) is 4.39 Å². The SMILES string of the molecule is CCNC(C)c1cc(F)ccc1Sc1n[nH]c(=O)n1C. The Labute approximate surface area is 120 Å². The van der Waals surface area contributed by atoms with Gasteiger partial charge in [-0.2, -0.15) is 0 Å². The Hall–Kier alpha value is -1.60. The van der Waals surface area contributed by atoms with Gasteiger partial charge in [-0.3, -0.25) is 4.57 Å². The van der Waals surface area contributed by atoms with E-state index in [9.17, 15) is 9.18 Å². The van der Waals surface area contributed by atoms with Crippen molar-refractivity contribution < 1.29 is 4.39 Å². The topological polar surface area (TPSA) is 62.7 Å². The zero-order valence-electron chi connectivity index (χ0n) is 11.6. The van der Waals surface area contributed by atoms with Crippen molar-refractivity contribution in [1.29, 1.82) is 0 Å². The van der Waals surface area contributed by atoms with E-state index in [1.807, 2.05) is 13.8 Å². The average molecular weight is 296 g/mol. The lowest BCUT2D eigenvalue weighted by Gasteiger charge is -2.16. The van der Waals surface area contributed by atoms with Crippen molar-refractivity contribution in [3.05, 3.63) is 40.1 Å². The molecule has 1 aromatic carbocycles. The van der Waals surface area contributed by atoms with E-state index in [1.54, 1.807) is 13.1 Å². The molecule has 1 atom stereocenters. The van der Waals surface area contributed by atoms with Crippen molar-refractivity contribution in [3.63, 3.8) is 0 Å². The lowest BCUT2D eigenvalue weighted by Crippen LogP contribution is -2.18. The number of aromatic amines is 1. The zero-order chi connectivity index (χ0) is 14.7. The first-order chi connectivity index (χ1) is 9.52. The summed E-state index contributed by atoms with van der Waals surface area (Å²) in [6.07, 6.45) is 0. The number of H-pyrrole nitrogens is 1. The third-order valence-electron chi connectivity index (χ3n) is 2.99. The molecule has 0 aliphatic carbocycles. The molecule has 0 saturated carbocycles. The summed E-state index contributed by atoms with van der Waals surface area (Å²) in [6.45, 7) is 4.77. The number of nitrogens with zero attached hydrogens (tertiary/aromatic N) is 2. The largest absolute Gasteiger partial charge is 0.343 e. The third kappa shape index (κ3) is 3.10. The summed E-state index contributed by atoms with van der Waals surface area (Å²) in [5.74, 6) is -0.273. The van der Waals surface area contributed by atoms with Crippen LogP contribution in [0.15, 0.2) is 33.0 Å². The minimum Gasteiger partial charge on any atom is -0.310 e. The van der Waals surface area contributed by atoms with Crippen LogP contribution < -0.4 is 11.0 Å². The highest BCUT2D eigenvalue weighted by atomic mass is 32.2. The molecule has 0 saturated heterocycles. The minimum atomic E-state index is -0.273. The molecule has 2 aromatic rings. The standard InChI is InChI=1S/C13H17FN4OS/c1-4-15-8(2)10-7-9(14)5-6-11(10)20-13-17-16-12(19)18(13)3/h5-8,15H,4H2,1-3H3,(H,16,19). The summed E-state index contributed by atoms with van der Waals surface area (Å²) >= 11 is 1.34. The van der Waals surface area contributed by atoms with E-state index in [-0.39, 0.29) is 17.5 Å². The van der Waals surface area contributed by atoms with Gasteiger partial charge in [0, 0.05) is 18.0 Å². The summed E-state index contributed by atoms with van der Waals surface area (Å²) < 4.78 is 14.9. The summed E-state index contributed by atoms with van der Waals surface area (Å²) in [4.78, 5) is 12.2. The number of nitrogens with one attached hydrogen (secondary N) is 2. The molecule has 0 radical (unpaired) electrons. The van der Waals surface area contributed by atoms with Gasteiger partial charge in [0.05, 0.1) is 0 Å². The Balaban J connectivity index is 2.36. The maximum atomic E-state index is 13.5. The molecule has 0 bridgehead atoms. The first kappa shape index (κ1) is 14.8. The fourth-order valence-electron chi connectivity index (χ4n) is 1.89. The van der Waals surface area contributed by atoms with E-state index < -0.39 is 0 Å². The highest BCUT2D eigenvalue weighted by Crippen LogP contribution is 2.32. The van der Waals surface area contributed by atoms with E-state index in [4.69, 9.17) is 0 Å². The second-order valence-electron chi connectivity index (χ2n) is 4.43. The van der Waals surface area contributed by atoms with Gasteiger partial charge in [0.15, 0.2) is 5.16 Å². The highest BCUT2D eigenvalue weighted by molar-refractivity contribution is 7.99. The summed E-state index contributed by atoms with van der Waals surface area (Å²) in [7, 11) is 1.64. The number of aromatic nitrogens is 3. The van der Waals surface area contributed by atoms with Crippen LogP contribution in [0.25, 0.3) is 0 Å². The first-order valence-electron chi connectivity index (χ1n) is 6.35. The molecule has 2 rings (SSSR count). The fraction of sp³-hybridized carbons (Fsp3) is 0.385. The molecule has 0 fully saturated rings.